The lowest BCUT2D eigenvalue weighted by atomic mass is 10.1. The molecule has 118 valence electrons. The van der Waals surface area contributed by atoms with E-state index in [9.17, 15) is 13.2 Å². The Morgan fingerprint density at radius 3 is 2.57 bits per heavy atom. The van der Waals surface area contributed by atoms with Gasteiger partial charge in [-0.1, -0.05) is 0 Å². The number of anilines is 1. The lowest BCUT2D eigenvalue weighted by molar-refractivity contribution is -0.122. The summed E-state index contributed by atoms with van der Waals surface area (Å²) in [6, 6.07) is 3.00. The van der Waals surface area contributed by atoms with Crippen LogP contribution in [0.5, 0.6) is 0 Å². The molecule has 1 amide bonds. The Hall–Kier alpha value is -1.67. The molecular formula is C13H22N4O3S. The number of nitrogens with zero attached hydrogens (tertiary/aromatic N) is 1. The zero-order valence-corrected chi connectivity index (χ0v) is 13.5. The van der Waals surface area contributed by atoms with Crippen LogP contribution < -0.4 is 15.4 Å². The van der Waals surface area contributed by atoms with Gasteiger partial charge in [0.2, 0.25) is 15.9 Å². The molecule has 8 heteroatoms. The zero-order chi connectivity index (χ0) is 16.1. The average Bonchev–Trinajstić information content (AvgIpc) is 2.36. The van der Waals surface area contributed by atoms with Gasteiger partial charge in [0.1, 0.15) is 10.7 Å². The van der Waals surface area contributed by atoms with E-state index >= 15 is 0 Å². The van der Waals surface area contributed by atoms with E-state index in [-0.39, 0.29) is 35.1 Å². The Bertz CT molecular complexity index is 594. The molecule has 1 aromatic rings. The Labute approximate surface area is 125 Å². The second-order valence-corrected chi connectivity index (χ2v) is 7.28. The van der Waals surface area contributed by atoms with E-state index in [4.69, 9.17) is 0 Å². The number of carbonyl (C=O) groups is 1. The van der Waals surface area contributed by atoms with E-state index in [2.05, 4.69) is 20.3 Å². The smallest absolute Gasteiger partial charge is 0.244 e. The first-order valence-electron chi connectivity index (χ1n) is 6.59. The number of pyridine rings is 1. The van der Waals surface area contributed by atoms with Gasteiger partial charge in [-0.05, 0) is 32.9 Å². The van der Waals surface area contributed by atoms with Crippen LogP contribution in [-0.4, -0.2) is 38.4 Å². The minimum absolute atomic E-state index is 0.0301. The molecule has 0 aliphatic heterocycles. The molecule has 0 fully saturated rings. The number of sulfonamides is 1. The first-order valence-corrected chi connectivity index (χ1v) is 8.07. The lowest BCUT2D eigenvalue weighted by Gasteiger charge is -2.20. The second-order valence-electron chi connectivity index (χ2n) is 5.55. The second kappa shape index (κ2) is 6.86. The van der Waals surface area contributed by atoms with Gasteiger partial charge in [-0.3, -0.25) is 4.79 Å². The number of amides is 1. The van der Waals surface area contributed by atoms with Gasteiger partial charge in [-0.15, -0.1) is 0 Å². The van der Waals surface area contributed by atoms with Crippen LogP contribution in [0.25, 0.3) is 0 Å². The molecular weight excluding hydrogens is 292 g/mol. The predicted molar refractivity (Wildman–Crippen MR) is 81.5 cm³/mol. The molecule has 0 aliphatic carbocycles. The molecule has 7 nitrogen and oxygen atoms in total. The van der Waals surface area contributed by atoms with Crippen molar-refractivity contribution in [2.45, 2.75) is 37.6 Å². The van der Waals surface area contributed by atoms with Gasteiger partial charge in [0.25, 0.3) is 0 Å². The van der Waals surface area contributed by atoms with Crippen LogP contribution in [0.3, 0.4) is 0 Å². The molecule has 21 heavy (non-hydrogen) atoms. The van der Waals surface area contributed by atoms with E-state index in [1.807, 2.05) is 20.8 Å². The van der Waals surface area contributed by atoms with E-state index < -0.39 is 10.0 Å². The van der Waals surface area contributed by atoms with Gasteiger partial charge in [0.15, 0.2) is 0 Å². The highest BCUT2D eigenvalue weighted by atomic mass is 32.2. The predicted octanol–water partition coefficient (Wildman–Crippen LogP) is 0.706. The third-order valence-electron chi connectivity index (χ3n) is 2.46. The summed E-state index contributed by atoms with van der Waals surface area (Å²) in [7, 11) is -2.10. The number of hydrogen-bond acceptors (Lipinski definition) is 5. The van der Waals surface area contributed by atoms with Crippen LogP contribution in [-0.2, 0) is 14.8 Å². The molecule has 1 heterocycles. The van der Waals surface area contributed by atoms with Crippen LogP contribution >= 0.6 is 0 Å². The number of rotatable bonds is 6. The Morgan fingerprint density at radius 1 is 1.33 bits per heavy atom. The fourth-order valence-corrected chi connectivity index (χ4v) is 2.85. The van der Waals surface area contributed by atoms with Gasteiger partial charge >= 0.3 is 0 Å². The monoisotopic (exact) mass is 314 g/mol. The summed E-state index contributed by atoms with van der Waals surface area (Å²) < 4.78 is 26.7. The molecule has 0 atom stereocenters. The number of aromatic nitrogens is 1. The molecule has 1 rings (SSSR count). The number of nitrogens with one attached hydrogen (secondary N) is 3. The molecule has 0 aliphatic rings. The maximum atomic E-state index is 12.2. The summed E-state index contributed by atoms with van der Waals surface area (Å²) in [5.41, 5.74) is -0.335. The highest BCUT2D eigenvalue weighted by Crippen LogP contribution is 2.16. The molecule has 0 radical (unpaired) electrons. The van der Waals surface area contributed by atoms with Crippen molar-refractivity contribution >= 4 is 21.7 Å². The standard InChI is InChI=1S/C13H22N4O3S/c1-13(2,3)17-11(18)7-9-16-21(19,20)10-6-5-8-15-12(10)14-4/h5-6,8,16H,7,9H2,1-4H3,(H,14,15)(H,17,18). The molecule has 3 N–H and O–H groups in total. The molecule has 0 unspecified atom stereocenters. The molecule has 0 bridgehead atoms. The van der Waals surface area contributed by atoms with Crippen LogP contribution in [0.4, 0.5) is 5.82 Å². The van der Waals surface area contributed by atoms with Gasteiger partial charge in [0.05, 0.1) is 0 Å². The average molecular weight is 314 g/mol. The fourth-order valence-electron chi connectivity index (χ4n) is 1.65. The summed E-state index contributed by atoms with van der Waals surface area (Å²) in [6.45, 7) is 5.63. The van der Waals surface area contributed by atoms with Crippen molar-refractivity contribution in [2.24, 2.45) is 0 Å². The van der Waals surface area contributed by atoms with Crippen LogP contribution in [0.15, 0.2) is 23.2 Å². The van der Waals surface area contributed by atoms with Crippen LogP contribution in [0.1, 0.15) is 27.2 Å². The summed E-state index contributed by atoms with van der Waals surface area (Å²) in [4.78, 5) is 15.6. The lowest BCUT2D eigenvalue weighted by Crippen LogP contribution is -2.42. The summed E-state index contributed by atoms with van der Waals surface area (Å²) in [6.07, 6.45) is 1.58. The molecule has 0 spiro atoms. The van der Waals surface area contributed by atoms with Crippen molar-refractivity contribution < 1.29 is 13.2 Å². The van der Waals surface area contributed by atoms with E-state index in [0.717, 1.165) is 0 Å². The van der Waals surface area contributed by atoms with Crippen LogP contribution in [0.2, 0.25) is 0 Å². The van der Waals surface area contributed by atoms with E-state index in [0.29, 0.717) is 0 Å². The van der Waals surface area contributed by atoms with Crippen molar-refractivity contribution in [3.8, 4) is 0 Å². The topological polar surface area (TPSA) is 100 Å². The first kappa shape index (κ1) is 17.4. The van der Waals surface area contributed by atoms with Gasteiger partial charge in [-0.25, -0.2) is 18.1 Å². The third kappa shape index (κ3) is 5.68. The summed E-state index contributed by atoms with van der Waals surface area (Å²) in [5, 5.41) is 5.49. The minimum atomic E-state index is -3.70. The normalized spacial score (nSPS) is 12.0. The quantitative estimate of drug-likeness (QED) is 0.718. The van der Waals surface area contributed by atoms with Crippen LogP contribution in [0, 0.1) is 0 Å². The first-order chi connectivity index (χ1) is 9.65. The Kier molecular flexibility index (Phi) is 5.68. The van der Waals surface area contributed by atoms with E-state index in [1.54, 1.807) is 13.1 Å². The molecule has 1 aromatic heterocycles. The molecule has 0 saturated heterocycles. The number of carbonyl (C=O) groups excluding carboxylic acids is 1. The summed E-state index contributed by atoms with van der Waals surface area (Å²) in [5.74, 6) is 0.0642. The number of hydrogen-bond donors (Lipinski definition) is 3. The van der Waals surface area contributed by atoms with Crippen molar-refractivity contribution in [3.63, 3.8) is 0 Å². The maximum absolute atomic E-state index is 12.2. The highest BCUT2D eigenvalue weighted by Gasteiger charge is 2.19. The Balaban J connectivity index is 2.64. The van der Waals surface area contributed by atoms with Crippen molar-refractivity contribution in [1.29, 1.82) is 0 Å². The minimum Gasteiger partial charge on any atom is -0.372 e. The van der Waals surface area contributed by atoms with Gasteiger partial charge in [0, 0.05) is 31.7 Å². The van der Waals surface area contributed by atoms with E-state index in [1.165, 1.54) is 12.3 Å². The van der Waals surface area contributed by atoms with Gasteiger partial charge in [-0.2, -0.15) is 0 Å². The van der Waals surface area contributed by atoms with Crippen molar-refractivity contribution in [2.75, 3.05) is 18.9 Å². The molecule has 0 saturated carbocycles. The fraction of sp³-hybridized carbons (Fsp3) is 0.538. The van der Waals surface area contributed by atoms with Gasteiger partial charge < -0.3 is 10.6 Å². The van der Waals surface area contributed by atoms with Crippen molar-refractivity contribution in [3.05, 3.63) is 18.3 Å². The zero-order valence-electron chi connectivity index (χ0n) is 12.7. The third-order valence-corrected chi connectivity index (χ3v) is 3.95. The SMILES string of the molecule is CNc1ncccc1S(=O)(=O)NCCC(=O)NC(C)(C)C. The largest absolute Gasteiger partial charge is 0.372 e. The maximum Gasteiger partial charge on any atom is 0.244 e. The Morgan fingerprint density at radius 2 is 2.00 bits per heavy atom. The summed E-state index contributed by atoms with van der Waals surface area (Å²) >= 11 is 0. The highest BCUT2D eigenvalue weighted by molar-refractivity contribution is 7.89. The van der Waals surface area contributed by atoms with Crippen molar-refractivity contribution in [1.82, 2.24) is 15.0 Å². The molecule has 0 aromatic carbocycles.